The minimum absolute atomic E-state index is 0.498. The molecule has 3 heteroatoms. The molecular weight excluding hydrogens is 236 g/mol. The molecule has 1 aromatic heterocycles. The van der Waals surface area contributed by atoms with Crippen molar-refractivity contribution in [1.82, 2.24) is 10.3 Å². The maximum absolute atomic E-state index is 5.65. The first-order valence-electron chi connectivity index (χ1n) is 7.61. The van der Waals surface area contributed by atoms with Gasteiger partial charge in [0.1, 0.15) is 0 Å². The van der Waals surface area contributed by atoms with Crippen LogP contribution in [0.5, 0.6) is 0 Å². The molecule has 2 atom stereocenters. The zero-order chi connectivity index (χ0) is 13.5. The predicted octanol–water partition coefficient (Wildman–Crippen LogP) is 2.91. The lowest BCUT2D eigenvalue weighted by Crippen LogP contribution is -2.35. The van der Waals surface area contributed by atoms with E-state index in [1.807, 2.05) is 12.3 Å². The van der Waals surface area contributed by atoms with Crippen LogP contribution in [0, 0.1) is 0 Å². The van der Waals surface area contributed by atoms with Gasteiger partial charge in [-0.05, 0) is 43.9 Å². The Morgan fingerprint density at radius 3 is 3.11 bits per heavy atom. The predicted molar refractivity (Wildman–Crippen MR) is 78.5 cm³/mol. The molecule has 1 aliphatic rings. The van der Waals surface area contributed by atoms with Crippen molar-refractivity contribution in [2.45, 2.75) is 51.5 Å². The standard InChI is InChI=1S/C16H26N2O/c1-3-11-19-12-9-15(17-4-2)14-8-7-13-6-5-10-18-16(13)14/h5-6,10,14-15,17H,3-4,7-9,11-12H2,1-2H3. The van der Waals surface area contributed by atoms with Gasteiger partial charge in [-0.25, -0.2) is 0 Å². The van der Waals surface area contributed by atoms with E-state index in [4.69, 9.17) is 4.74 Å². The summed E-state index contributed by atoms with van der Waals surface area (Å²) in [7, 11) is 0. The van der Waals surface area contributed by atoms with Gasteiger partial charge in [0.05, 0.1) is 0 Å². The lowest BCUT2D eigenvalue weighted by molar-refractivity contribution is 0.121. The third-order valence-corrected chi connectivity index (χ3v) is 3.88. The Bertz CT molecular complexity index is 381. The quantitative estimate of drug-likeness (QED) is 0.731. The molecule has 0 saturated carbocycles. The lowest BCUT2D eigenvalue weighted by atomic mass is 9.94. The van der Waals surface area contributed by atoms with Gasteiger partial charge in [-0.1, -0.05) is 19.9 Å². The zero-order valence-electron chi connectivity index (χ0n) is 12.2. The third kappa shape index (κ3) is 3.77. The second-order valence-electron chi connectivity index (χ2n) is 5.26. The van der Waals surface area contributed by atoms with E-state index >= 15 is 0 Å². The smallest absolute Gasteiger partial charge is 0.0482 e. The number of hydrogen-bond acceptors (Lipinski definition) is 3. The minimum Gasteiger partial charge on any atom is -0.381 e. The molecule has 0 spiro atoms. The van der Waals surface area contributed by atoms with Crippen LogP contribution in [0.2, 0.25) is 0 Å². The summed E-state index contributed by atoms with van der Waals surface area (Å²) < 4.78 is 5.65. The maximum atomic E-state index is 5.65. The van der Waals surface area contributed by atoms with E-state index in [1.54, 1.807) is 0 Å². The molecule has 2 rings (SSSR count). The highest BCUT2D eigenvalue weighted by Crippen LogP contribution is 2.34. The molecule has 0 amide bonds. The summed E-state index contributed by atoms with van der Waals surface area (Å²) >= 11 is 0. The normalized spacial score (nSPS) is 19.4. The summed E-state index contributed by atoms with van der Waals surface area (Å²) in [4.78, 5) is 4.61. The van der Waals surface area contributed by atoms with E-state index in [2.05, 4.69) is 30.2 Å². The molecule has 106 valence electrons. The number of hydrogen-bond donors (Lipinski definition) is 1. The highest BCUT2D eigenvalue weighted by atomic mass is 16.5. The van der Waals surface area contributed by atoms with Gasteiger partial charge in [0.2, 0.25) is 0 Å². The van der Waals surface area contributed by atoms with Crippen LogP contribution >= 0.6 is 0 Å². The van der Waals surface area contributed by atoms with Crippen LogP contribution in [0.15, 0.2) is 18.3 Å². The summed E-state index contributed by atoms with van der Waals surface area (Å²) in [6, 6.07) is 4.77. The van der Waals surface area contributed by atoms with E-state index in [9.17, 15) is 0 Å². The van der Waals surface area contributed by atoms with Gasteiger partial charge in [0.15, 0.2) is 0 Å². The summed E-state index contributed by atoms with van der Waals surface area (Å²) in [6.07, 6.45) is 6.49. The average Bonchev–Trinajstić information content (AvgIpc) is 2.86. The van der Waals surface area contributed by atoms with Gasteiger partial charge >= 0.3 is 0 Å². The number of aromatic nitrogens is 1. The van der Waals surface area contributed by atoms with Crippen LogP contribution < -0.4 is 5.32 Å². The van der Waals surface area contributed by atoms with Gasteiger partial charge in [-0.3, -0.25) is 4.98 Å². The number of pyridine rings is 1. The molecule has 1 heterocycles. The summed E-state index contributed by atoms with van der Waals surface area (Å²) in [5.74, 6) is 0.557. The number of aryl methyl sites for hydroxylation is 1. The van der Waals surface area contributed by atoms with Crippen LogP contribution in [0.1, 0.15) is 50.3 Å². The number of rotatable bonds is 8. The Morgan fingerprint density at radius 2 is 2.32 bits per heavy atom. The van der Waals surface area contributed by atoms with Crippen molar-refractivity contribution in [2.24, 2.45) is 0 Å². The lowest BCUT2D eigenvalue weighted by Gasteiger charge is -2.24. The van der Waals surface area contributed by atoms with Gasteiger partial charge in [-0.15, -0.1) is 0 Å². The van der Waals surface area contributed by atoms with E-state index in [0.29, 0.717) is 12.0 Å². The third-order valence-electron chi connectivity index (χ3n) is 3.88. The molecule has 0 aromatic carbocycles. The molecule has 3 nitrogen and oxygen atoms in total. The van der Waals surface area contributed by atoms with Gasteiger partial charge < -0.3 is 10.1 Å². The Morgan fingerprint density at radius 1 is 1.42 bits per heavy atom. The number of fused-ring (bicyclic) bond motifs is 1. The van der Waals surface area contributed by atoms with Crippen LogP contribution in [0.25, 0.3) is 0 Å². The molecule has 0 radical (unpaired) electrons. The molecule has 0 aliphatic heterocycles. The molecule has 0 bridgehead atoms. The molecule has 1 aliphatic carbocycles. The van der Waals surface area contributed by atoms with Crippen molar-refractivity contribution in [2.75, 3.05) is 19.8 Å². The largest absolute Gasteiger partial charge is 0.381 e. The molecular formula is C16H26N2O. The van der Waals surface area contributed by atoms with Gasteiger partial charge in [0, 0.05) is 37.1 Å². The Balaban J connectivity index is 1.96. The Hall–Kier alpha value is -0.930. The topological polar surface area (TPSA) is 34.1 Å². The van der Waals surface area contributed by atoms with Crippen molar-refractivity contribution >= 4 is 0 Å². The average molecular weight is 262 g/mol. The van der Waals surface area contributed by atoms with Crippen LogP contribution in [0.4, 0.5) is 0 Å². The zero-order valence-corrected chi connectivity index (χ0v) is 12.2. The van der Waals surface area contributed by atoms with Crippen LogP contribution in [-0.4, -0.2) is 30.8 Å². The number of ether oxygens (including phenoxy) is 1. The van der Waals surface area contributed by atoms with Crippen molar-refractivity contribution in [3.05, 3.63) is 29.6 Å². The molecule has 0 saturated heterocycles. The van der Waals surface area contributed by atoms with E-state index < -0.39 is 0 Å². The fourth-order valence-electron chi connectivity index (χ4n) is 3.00. The van der Waals surface area contributed by atoms with Gasteiger partial charge in [-0.2, -0.15) is 0 Å². The highest BCUT2D eigenvalue weighted by molar-refractivity contribution is 5.29. The molecule has 19 heavy (non-hydrogen) atoms. The summed E-state index contributed by atoms with van der Waals surface area (Å²) in [6.45, 7) is 7.06. The highest BCUT2D eigenvalue weighted by Gasteiger charge is 2.30. The summed E-state index contributed by atoms with van der Waals surface area (Å²) in [5, 5.41) is 3.62. The minimum atomic E-state index is 0.498. The van der Waals surface area contributed by atoms with Gasteiger partial charge in [0.25, 0.3) is 0 Å². The molecule has 1 N–H and O–H groups in total. The van der Waals surface area contributed by atoms with Crippen molar-refractivity contribution in [1.29, 1.82) is 0 Å². The number of nitrogens with one attached hydrogen (secondary N) is 1. The second kappa shape index (κ2) is 7.61. The first-order chi connectivity index (χ1) is 9.36. The van der Waals surface area contributed by atoms with Crippen LogP contribution in [-0.2, 0) is 11.2 Å². The SMILES string of the molecule is CCCOCCC(NCC)C1CCc2cccnc21. The van der Waals surface area contributed by atoms with Crippen molar-refractivity contribution in [3.8, 4) is 0 Å². The fraction of sp³-hybridized carbons (Fsp3) is 0.688. The van der Waals surface area contributed by atoms with E-state index in [0.717, 1.165) is 32.6 Å². The first kappa shape index (κ1) is 14.5. The first-order valence-corrected chi connectivity index (χ1v) is 7.61. The summed E-state index contributed by atoms with van der Waals surface area (Å²) in [5.41, 5.74) is 2.74. The molecule has 1 aromatic rings. The molecule has 0 fully saturated rings. The number of likely N-dealkylation sites (N-methyl/N-ethyl adjacent to an activating group) is 1. The molecule has 2 unspecified atom stereocenters. The van der Waals surface area contributed by atoms with Crippen LogP contribution in [0.3, 0.4) is 0 Å². The maximum Gasteiger partial charge on any atom is 0.0482 e. The second-order valence-corrected chi connectivity index (χ2v) is 5.26. The number of nitrogens with zero attached hydrogens (tertiary/aromatic N) is 1. The Kier molecular flexibility index (Phi) is 5.80. The van der Waals surface area contributed by atoms with Crippen molar-refractivity contribution < 1.29 is 4.74 Å². The Labute approximate surface area is 116 Å². The van der Waals surface area contributed by atoms with Crippen molar-refractivity contribution in [3.63, 3.8) is 0 Å². The van der Waals surface area contributed by atoms with E-state index in [1.165, 1.54) is 24.1 Å². The monoisotopic (exact) mass is 262 g/mol. The fourth-order valence-corrected chi connectivity index (χ4v) is 3.00. The van der Waals surface area contributed by atoms with E-state index in [-0.39, 0.29) is 0 Å².